The zero-order valence-corrected chi connectivity index (χ0v) is 15.3. The summed E-state index contributed by atoms with van der Waals surface area (Å²) >= 11 is 0. The first-order valence-corrected chi connectivity index (χ1v) is 9.94. The van der Waals surface area contributed by atoms with Crippen LogP contribution in [0.5, 0.6) is 5.75 Å². The highest BCUT2D eigenvalue weighted by Gasteiger charge is 2.70. The van der Waals surface area contributed by atoms with E-state index in [-0.39, 0.29) is 17.5 Å². The topological polar surface area (TPSA) is 46.5 Å². The van der Waals surface area contributed by atoms with Crippen molar-refractivity contribution in [2.75, 3.05) is 0 Å². The third kappa shape index (κ3) is 1.90. The number of benzene rings is 1. The minimum Gasteiger partial charge on any atom is -0.508 e. The summed E-state index contributed by atoms with van der Waals surface area (Å²) in [5, 5.41) is 9.85. The van der Waals surface area contributed by atoms with Gasteiger partial charge < -0.3 is 9.84 Å². The molecule has 134 valence electrons. The van der Waals surface area contributed by atoms with Crippen molar-refractivity contribution in [1.29, 1.82) is 0 Å². The number of phenols is 1. The average Bonchev–Trinajstić information content (AvgIpc) is 3.10. The maximum absolute atomic E-state index is 11.7. The van der Waals surface area contributed by atoms with Crippen LogP contribution in [0.25, 0.3) is 0 Å². The number of aromatic hydroxyl groups is 1. The lowest BCUT2D eigenvalue weighted by Gasteiger charge is -2.59. The molecule has 3 fully saturated rings. The molecule has 3 nitrogen and oxygen atoms in total. The standard InChI is InChI=1S/C22H28O3/c1-13(23)25-20-15-7-10-22(12-15)19-6-3-14-11-16(24)4-5-17(14)18(19)8-9-21(20,22)2/h4-5,11,15,18-20,24H,3,6-10,12H2,1-2H3/t15-,18+,19+,20-,21+,22+/m0/s1. The lowest BCUT2D eigenvalue weighted by atomic mass is 9.46. The van der Waals surface area contributed by atoms with Crippen LogP contribution in [0.4, 0.5) is 0 Å². The van der Waals surface area contributed by atoms with Gasteiger partial charge >= 0.3 is 5.97 Å². The van der Waals surface area contributed by atoms with Gasteiger partial charge in [0, 0.05) is 12.3 Å². The second-order valence-corrected chi connectivity index (χ2v) is 9.28. The second-order valence-electron chi connectivity index (χ2n) is 9.28. The van der Waals surface area contributed by atoms with E-state index in [0.717, 1.165) is 12.8 Å². The van der Waals surface area contributed by atoms with Crippen LogP contribution in [0.2, 0.25) is 0 Å². The number of rotatable bonds is 1. The van der Waals surface area contributed by atoms with Crippen LogP contribution in [0.3, 0.4) is 0 Å². The van der Waals surface area contributed by atoms with Gasteiger partial charge in [-0.05, 0) is 91.4 Å². The number of ether oxygens (including phenoxy) is 1. The van der Waals surface area contributed by atoms with E-state index >= 15 is 0 Å². The number of hydrogen-bond acceptors (Lipinski definition) is 3. The number of phenolic OH excluding ortho intramolecular Hbond substituents is 1. The van der Waals surface area contributed by atoms with Crippen molar-refractivity contribution in [3.63, 3.8) is 0 Å². The molecule has 0 amide bonds. The van der Waals surface area contributed by atoms with Crippen LogP contribution >= 0.6 is 0 Å². The highest BCUT2D eigenvalue weighted by Crippen LogP contribution is 2.75. The normalized spacial score (nSPS) is 43.9. The number of esters is 1. The SMILES string of the molecule is CC(=O)O[C@H]1[C@H]2CC[C@@]3(C2)[C@@H]2CCc4cc(O)ccc4[C@H]2CC[C@]13C. The van der Waals surface area contributed by atoms with Gasteiger partial charge in [-0.2, -0.15) is 0 Å². The molecule has 0 aliphatic heterocycles. The van der Waals surface area contributed by atoms with E-state index in [1.54, 1.807) is 6.92 Å². The lowest BCUT2D eigenvalue weighted by Crippen LogP contribution is -2.54. The van der Waals surface area contributed by atoms with Crippen LogP contribution in [0, 0.1) is 22.7 Å². The van der Waals surface area contributed by atoms with E-state index in [9.17, 15) is 9.90 Å². The fourth-order valence-corrected chi connectivity index (χ4v) is 7.62. The molecule has 25 heavy (non-hydrogen) atoms. The molecule has 4 aliphatic carbocycles. The summed E-state index contributed by atoms with van der Waals surface area (Å²) in [6, 6.07) is 6.01. The first-order chi connectivity index (χ1) is 11.9. The van der Waals surface area contributed by atoms with Crippen molar-refractivity contribution in [2.45, 2.75) is 70.8 Å². The largest absolute Gasteiger partial charge is 0.508 e. The maximum Gasteiger partial charge on any atom is 0.302 e. The van der Waals surface area contributed by atoms with Crippen LogP contribution in [-0.2, 0) is 16.0 Å². The number of aryl methyl sites for hydroxylation is 1. The maximum atomic E-state index is 11.7. The number of hydrogen-bond donors (Lipinski definition) is 1. The molecule has 1 aromatic rings. The highest BCUT2D eigenvalue weighted by molar-refractivity contribution is 5.66. The molecular weight excluding hydrogens is 312 g/mol. The average molecular weight is 340 g/mol. The zero-order valence-electron chi connectivity index (χ0n) is 15.3. The van der Waals surface area contributed by atoms with Gasteiger partial charge in [-0.15, -0.1) is 0 Å². The van der Waals surface area contributed by atoms with E-state index in [2.05, 4.69) is 13.0 Å². The minimum absolute atomic E-state index is 0.111. The number of carbonyl (C=O) groups is 1. The summed E-state index contributed by atoms with van der Waals surface area (Å²) < 4.78 is 5.91. The Labute approximate surface area is 149 Å². The van der Waals surface area contributed by atoms with Gasteiger partial charge in [0.1, 0.15) is 11.9 Å². The van der Waals surface area contributed by atoms with Crippen molar-refractivity contribution in [2.24, 2.45) is 22.7 Å². The Morgan fingerprint density at radius 2 is 2.08 bits per heavy atom. The van der Waals surface area contributed by atoms with Crippen LogP contribution in [0.15, 0.2) is 18.2 Å². The van der Waals surface area contributed by atoms with Crippen LogP contribution in [0.1, 0.15) is 69.4 Å². The van der Waals surface area contributed by atoms with Gasteiger partial charge in [0.05, 0.1) is 0 Å². The van der Waals surface area contributed by atoms with E-state index in [1.807, 2.05) is 12.1 Å². The van der Waals surface area contributed by atoms with Gasteiger partial charge in [-0.3, -0.25) is 4.79 Å². The fourth-order valence-electron chi connectivity index (χ4n) is 7.62. The predicted octanol–water partition coefficient (Wildman–Crippen LogP) is 4.57. The summed E-state index contributed by atoms with van der Waals surface area (Å²) in [7, 11) is 0. The quantitative estimate of drug-likeness (QED) is 0.762. The highest BCUT2D eigenvalue weighted by atomic mass is 16.5. The summed E-state index contributed by atoms with van der Waals surface area (Å²) in [6.07, 6.45) is 8.53. The second kappa shape index (κ2) is 5.02. The van der Waals surface area contributed by atoms with Crippen LogP contribution < -0.4 is 0 Å². The Balaban J connectivity index is 1.55. The predicted molar refractivity (Wildman–Crippen MR) is 95.3 cm³/mol. The van der Waals surface area contributed by atoms with Gasteiger partial charge in [0.2, 0.25) is 0 Å². The summed E-state index contributed by atoms with van der Waals surface area (Å²) in [6.45, 7) is 3.99. The molecule has 2 bridgehead atoms. The van der Waals surface area contributed by atoms with E-state index in [1.165, 1.54) is 43.2 Å². The molecule has 0 aromatic heterocycles. The van der Waals surface area contributed by atoms with Gasteiger partial charge in [0.25, 0.3) is 0 Å². The van der Waals surface area contributed by atoms with Gasteiger partial charge in [0.15, 0.2) is 0 Å². The first kappa shape index (κ1) is 15.7. The first-order valence-electron chi connectivity index (χ1n) is 9.94. The summed E-state index contributed by atoms with van der Waals surface area (Å²) in [4.78, 5) is 11.7. The summed E-state index contributed by atoms with van der Waals surface area (Å²) in [5.74, 6) is 2.17. The molecular formula is C22H28O3. The van der Waals surface area contributed by atoms with Crippen LogP contribution in [-0.4, -0.2) is 17.2 Å². The summed E-state index contributed by atoms with van der Waals surface area (Å²) in [5.41, 5.74) is 3.32. The molecule has 1 N–H and O–H groups in total. The third-order valence-electron chi connectivity index (χ3n) is 8.49. The zero-order chi connectivity index (χ0) is 17.4. The van der Waals surface area contributed by atoms with Crippen molar-refractivity contribution >= 4 is 5.97 Å². The van der Waals surface area contributed by atoms with Crippen molar-refractivity contribution in [3.05, 3.63) is 29.3 Å². The molecule has 6 atom stereocenters. The lowest BCUT2D eigenvalue weighted by molar-refractivity contribution is -0.171. The minimum atomic E-state index is -0.111. The Bertz CT molecular complexity index is 741. The Morgan fingerprint density at radius 3 is 2.88 bits per heavy atom. The number of carbonyl (C=O) groups excluding carboxylic acids is 1. The Hall–Kier alpha value is -1.51. The smallest absolute Gasteiger partial charge is 0.302 e. The molecule has 0 heterocycles. The molecule has 1 aromatic carbocycles. The van der Waals surface area contributed by atoms with Gasteiger partial charge in [-0.25, -0.2) is 0 Å². The molecule has 0 radical (unpaired) electrons. The fraction of sp³-hybridized carbons (Fsp3) is 0.682. The molecule has 3 saturated carbocycles. The van der Waals surface area contributed by atoms with E-state index in [0.29, 0.717) is 28.9 Å². The Morgan fingerprint density at radius 1 is 1.24 bits per heavy atom. The molecule has 4 aliphatic rings. The number of fused-ring (bicyclic) bond motifs is 4. The van der Waals surface area contributed by atoms with Gasteiger partial charge in [-0.1, -0.05) is 13.0 Å². The van der Waals surface area contributed by atoms with E-state index < -0.39 is 0 Å². The molecule has 3 heteroatoms. The molecule has 1 spiro atoms. The monoisotopic (exact) mass is 340 g/mol. The molecule has 0 unspecified atom stereocenters. The molecule has 0 saturated heterocycles. The molecule has 5 rings (SSSR count). The Kier molecular flexibility index (Phi) is 3.16. The van der Waals surface area contributed by atoms with E-state index in [4.69, 9.17) is 4.74 Å². The third-order valence-corrected chi connectivity index (χ3v) is 8.49. The van der Waals surface area contributed by atoms with Crippen molar-refractivity contribution in [1.82, 2.24) is 0 Å². The van der Waals surface area contributed by atoms with Crippen molar-refractivity contribution in [3.8, 4) is 5.75 Å². The van der Waals surface area contributed by atoms with Crippen molar-refractivity contribution < 1.29 is 14.6 Å².